The molecule has 36 heavy (non-hydrogen) atoms. The zero-order chi connectivity index (χ0) is 25.3. The van der Waals surface area contributed by atoms with Crippen molar-refractivity contribution in [2.45, 2.75) is 13.8 Å². The van der Waals surface area contributed by atoms with Crippen LogP contribution in [0.25, 0.3) is 23.3 Å². The molecule has 0 N–H and O–H groups in total. The summed E-state index contributed by atoms with van der Waals surface area (Å²) in [4.78, 5) is 24.4. The first kappa shape index (κ1) is 24.4. The molecule has 0 fully saturated rings. The minimum atomic E-state index is -1.08. The van der Waals surface area contributed by atoms with Gasteiger partial charge < -0.3 is 9.47 Å². The molecule has 4 aromatic rings. The smallest absolute Gasteiger partial charge is 0.418 e. The predicted molar refractivity (Wildman–Crippen MR) is 144 cm³/mol. The SMILES string of the molecule is C/C(=C/c1ccc(OC(=O)C(=O)Oc2ccc(/C=C(\C)c3ccccc3)cc2)cc1)c1ccccc1. The van der Waals surface area contributed by atoms with Gasteiger partial charge in [0.15, 0.2) is 0 Å². The Kier molecular flexibility index (Phi) is 7.89. The van der Waals surface area contributed by atoms with Crippen LogP contribution in [0.4, 0.5) is 0 Å². The van der Waals surface area contributed by atoms with E-state index >= 15 is 0 Å². The molecule has 0 aromatic heterocycles. The molecule has 4 nitrogen and oxygen atoms in total. The summed E-state index contributed by atoms with van der Waals surface area (Å²) in [5, 5.41) is 0. The van der Waals surface area contributed by atoms with E-state index in [0.717, 1.165) is 33.4 Å². The Balaban J connectivity index is 1.33. The fraction of sp³-hybridized carbons (Fsp3) is 0.0625. The maximum Gasteiger partial charge on any atom is 0.423 e. The molecule has 4 rings (SSSR count). The summed E-state index contributed by atoms with van der Waals surface area (Å²) in [7, 11) is 0. The van der Waals surface area contributed by atoms with Crippen LogP contribution in [0.3, 0.4) is 0 Å². The standard InChI is InChI=1S/C32H26O4/c1-23(27-9-5-3-6-10-27)21-25-13-17-29(18-14-25)35-31(33)32(34)36-30-19-15-26(16-20-30)22-24(2)28-11-7-4-8-12-28/h3-22H,1-2H3/b23-21-,24-22+. The molecular weight excluding hydrogens is 448 g/mol. The van der Waals surface area contributed by atoms with Crippen LogP contribution in [0.2, 0.25) is 0 Å². The summed E-state index contributed by atoms with van der Waals surface area (Å²) in [6, 6.07) is 34.0. The molecular formula is C32H26O4. The molecule has 4 heteroatoms. The highest BCUT2D eigenvalue weighted by atomic mass is 16.6. The van der Waals surface area contributed by atoms with Gasteiger partial charge in [0.05, 0.1) is 0 Å². The summed E-state index contributed by atoms with van der Waals surface area (Å²) in [5.74, 6) is -1.63. The lowest BCUT2D eigenvalue weighted by Crippen LogP contribution is -2.25. The summed E-state index contributed by atoms with van der Waals surface area (Å²) in [5.41, 5.74) is 6.39. The fourth-order valence-corrected chi connectivity index (χ4v) is 3.63. The zero-order valence-electron chi connectivity index (χ0n) is 20.2. The van der Waals surface area contributed by atoms with E-state index in [2.05, 4.69) is 0 Å². The molecule has 0 spiro atoms. The topological polar surface area (TPSA) is 52.6 Å². The van der Waals surface area contributed by atoms with Gasteiger partial charge in [0.1, 0.15) is 11.5 Å². The highest BCUT2D eigenvalue weighted by Gasteiger charge is 2.19. The highest BCUT2D eigenvalue weighted by Crippen LogP contribution is 2.21. The van der Waals surface area contributed by atoms with E-state index in [4.69, 9.17) is 9.47 Å². The van der Waals surface area contributed by atoms with Gasteiger partial charge in [0.2, 0.25) is 0 Å². The van der Waals surface area contributed by atoms with Gasteiger partial charge in [0.25, 0.3) is 0 Å². The van der Waals surface area contributed by atoms with Crippen LogP contribution in [0.5, 0.6) is 11.5 Å². The minimum absolute atomic E-state index is 0.267. The number of benzene rings is 4. The van der Waals surface area contributed by atoms with Gasteiger partial charge in [-0.1, -0.05) is 97.1 Å². The Hall–Kier alpha value is -4.70. The van der Waals surface area contributed by atoms with Gasteiger partial charge in [-0.25, -0.2) is 9.59 Å². The van der Waals surface area contributed by atoms with Crippen LogP contribution in [0, 0.1) is 0 Å². The predicted octanol–water partition coefficient (Wildman–Crippen LogP) is 7.32. The first-order valence-corrected chi connectivity index (χ1v) is 11.6. The maximum atomic E-state index is 12.2. The maximum absolute atomic E-state index is 12.2. The number of hydrogen-bond acceptors (Lipinski definition) is 4. The lowest BCUT2D eigenvalue weighted by molar-refractivity contribution is -0.156. The summed E-state index contributed by atoms with van der Waals surface area (Å²) < 4.78 is 10.3. The van der Waals surface area contributed by atoms with Gasteiger partial charge in [-0.05, 0) is 71.5 Å². The quantitative estimate of drug-likeness (QED) is 0.127. The van der Waals surface area contributed by atoms with Crippen LogP contribution in [0.15, 0.2) is 109 Å². The monoisotopic (exact) mass is 474 g/mol. The zero-order valence-corrected chi connectivity index (χ0v) is 20.2. The van der Waals surface area contributed by atoms with E-state index in [-0.39, 0.29) is 11.5 Å². The average Bonchev–Trinajstić information content (AvgIpc) is 2.91. The van der Waals surface area contributed by atoms with E-state index in [1.54, 1.807) is 24.3 Å². The molecule has 0 atom stereocenters. The molecule has 0 heterocycles. The van der Waals surface area contributed by atoms with Gasteiger partial charge in [-0.3, -0.25) is 0 Å². The van der Waals surface area contributed by atoms with Crippen molar-refractivity contribution in [3.8, 4) is 11.5 Å². The van der Waals surface area contributed by atoms with Crippen molar-refractivity contribution in [1.29, 1.82) is 0 Å². The lowest BCUT2D eigenvalue weighted by Gasteiger charge is -2.07. The van der Waals surface area contributed by atoms with Gasteiger partial charge in [0, 0.05) is 0 Å². The minimum Gasteiger partial charge on any atom is -0.418 e. The Labute approximate surface area is 211 Å². The Morgan fingerprint density at radius 2 is 0.833 bits per heavy atom. The van der Waals surface area contributed by atoms with Crippen LogP contribution in [-0.4, -0.2) is 11.9 Å². The molecule has 0 saturated heterocycles. The molecule has 0 bridgehead atoms. The van der Waals surface area contributed by atoms with Crippen molar-refractivity contribution < 1.29 is 19.1 Å². The number of esters is 2. The molecule has 0 saturated carbocycles. The number of carbonyl (C=O) groups excluding carboxylic acids is 2. The van der Waals surface area contributed by atoms with Crippen LogP contribution < -0.4 is 9.47 Å². The van der Waals surface area contributed by atoms with E-state index < -0.39 is 11.9 Å². The fourth-order valence-electron chi connectivity index (χ4n) is 3.63. The number of hydrogen-bond donors (Lipinski definition) is 0. The highest BCUT2D eigenvalue weighted by molar-refractivity contribution is 6.31. The van der Waals surface area contributed by atoms with E-state index in [1.165, 1.54) is 0 Å². The Bertz CT molecular complexity index is 1270. The number of allylic oxidation sites excluding steroid dienone is 2. The number of ether oxygens (including phenoxy) is 2. The van der Waals surface area contributed by atoms with E-state index in [1.807, 2.05) is 111 Å². The van der Waals surface area contributed by atoms with Crippen molar-refractivity contribution in [2.24, 2.45) is 0 Å². The first-order chi connectivity index (χ1) is 17.5. The molecule has 0 unspecified atom stereocenters. The van der Waals surface area contributed by atoms with E-state index in [0.29, 0.717) is 0 Å². The van der Waals surface area contributed by atoms with Crippen molar-refractivity contribution in [3.05, 3.63) is 131 Å². The summed E-state index contributed by atoms with van der Waals surface area (Å²) in [6.45, 7) is 4.07. The molecule has 0 amide bonds. The number of rotatable bonds is 6. The van der Waals surface area contributed by atoms with Crippen LogP contribution >= 0.6 is 0 Å². The van der Waals surface area contributed by atoms with Crippen LogP contribution in [-0.2, 0) is 9.59 Å². The molecule has 178 valence electrons. The largest absolute Gasteiger partial charge is 0.423 e. The second-order valence-corrected chi connectivity index (χ2v) is 8.30. The van der Waals surface area contributed by atoms with Crippen molar-refractivity contribution in [1.82, 2.24) is 0 Å². The molecule has 0 radical (unpaired) electrons. The third kappa shape index (κ3) is 6.67. The van der Waals surface area contributed by atoms with Crippen LogP contribution in [0.1, 0.15) is 36.1 Å². The first-order valence-electron chi connectivity index (χ1n) is 11.6. The van der Waals surface area contributed by atoms with Crippen molar-refractivity contribution >= 4 is 35.2 Å². The normalized spacial score (nSPS) is 11.6. The van der Waals surface area contributed by atoms with Gasteiger partial charge in [-0.15, -0.1) is 0 Å². The van der Waals surface area contributed by atoms with Crippen molar-refractivity contribution in [3.63, 3.8) is 0 Å². The van der Waals surface area contributed by atoms with Crippen molar-refractivity contribution in [2.75, 3.05) is 0 Å². The molecule has 4 aromatic carbocycles. The Morgan fingerprint density at radius 3 is 1.17 bits per heavy atom. The summed E-state index contributed by atoms with van der Waals surface area (Å²) in [6.07, 6.45) is 4.07. The molecule has 0 aliphatic heterocycles. The third-order valence-electron chi connectivity index (χ3n) is 5.57. The van der Waals surface area contributed by atoms with Gasteiger partial charge in [-0.2, -0.15) is 0 Å². The third-order valence-corrected chi connectivity index (χ3v) is 5.57. The molecule has 0 aliphatic carbocycles. The van der Waals surface area contributed by atoms with Gasteiger partial charge >= 0.3 is 11.9 Å². The number of carbonyl (C=O) groups is 2. The second-order valence-electron chi connectivity index (χ2n) is 8.30. The average molecular weight is 475 g/mol. The lowest BCUT2D eigenvalue weighted by atomic mass is 10.0. The second kappa shape index (κ2) is 11.6. The van der Waals surface area contributed by atoms with E-state index in [9.17, 15) is 9.59 Å². The Morgan fingerprint density at radius 1 is 0.500 bits per heavy atom. The molecule has 0 aliphatic rings. The summed E-state index contributed by atoms with van der Waals surface area (Å²) >= 11 is 0.